The topological polar surface area (TPSA) is 161 Å². The normalized spacial score (nSPS) is 17.2. The summed E-state index contributed by atoms with van der Waals surface area (Å²) in [7, 11) is 0. The average molecular weight is 774 g/mol. The summed E-state index contributed by atoms with van der Waals surface area (Å²) in [5.41, 5.74) is 0.0229. The fraction of sp³-hybridized carbons (Fsp3) is 0.897. The highest BCUT2D eigenvalue weighted by Crippen LogP contribution is 2.36. The summed E-state index contributed by atoms with van der Waals surface area (Å²) >= 11 is 0. The van der Waals surface area contributed by atoms with E-state index in [1.807, 2.05) is 25.7 Å². The van der Waals surface area contributed by atoms with Crippen molar-refractivity contribution in [2.75, 3.05) is 132 Å². The number of amides is 4. The Morgan fingerprint density at radius 2 is 1.00 bits per heavy atom. The lowest BCUT2D eigenvalue weighted by Crippen LogP contribution is -2.41. The van der Waals surface area contributed by atoms with Crippen LogP contribution in [0.1, 0.15) is 73.6 Å². The third-order valence-corrected chi connectivity index (χ3v) is 9.56. The lowest BCUT2D eigenvalue weighted by molar-refractivity contribution is -0.140. The van der Waals surface area contributed by atoms with Crippen LogP contribution in [-0.2, 0) is 57.1 Å². The minimum Gasteiger partial charge on any atom is -0.379 e. The van der Waals surface area contributed by atoms with Gasteiger partial charge >= 0.3 is 0 Å². The van der Waals surface area contributed by atoms with Crippen molar-refractivity contribution < 1.29 is 57.1 Å². The van der Waals surface area contributed by atoms with E-state index < -0.39 is 0 Å². The molecule has 4 amide bonds. The Morgan fingerprint density at radius 1 is 0.593 bits per heavy atom. The lowest BCUT2D eigenvalue weighted by atomic mass is 9.75. The fourth-order valence-electron chi connectivity index (χ4n) is 6.11. The molecule has 0 aromatic carbocycles. The van der Waals surface area contributed by atoms with Crippen molar-refractivity contribution >= 4 is 23.6 Å². The molecular formula is C39H71N3O12. The van der Waals surface area contributed by atoms with Crippen molar-refractivity contribution in [3.63, 3.8) is 0 Å². The molecule has 2 rings (SSSR count). The minimum absolute atomic E-state index is 0.0755. The Hall–Kier alpha value is -2.24. The van der Waals surface area contributed by atoms with E-state index >= 15 is 0 Å². The molecule has 0 saturated carbocycles. The van der Waals surface area contributed by atoms with Crippen LogP contribution in [-0.4, -0.2) is 165 Å². The molecule has 0 aliphatic carbocycles. The van der Waals surface area contributed by atoms with Crippen LogP contribution in [0.25, 0.3) is 0 Å². The number of nitrogens with zero attached hydrogens (tertiary/aromatic N) is 2. The van der Waals surface area contributed by atoms with Gasteiger partial charge < -0.3 is 48.1 Å². The number of nitrogens with one attached hydrogen (secondary N) is 1. The van der Waals surface area contributed by atoms with Gasteiger partial charge in [0.15, 0.2) is 0 Å². The van der Waals surface area contributed by atoms with Crippen molar-refractivity contribution in [3.8, 4) is 0 Å². The number of carbonyl (C=O) groups is 4. The van der Waals surface area contributed by atoms with Crippen LogP contribution in [0.5, 0.6) is 0 Å². The molecule has 314 valence electrons. The third-order valence-electron chi connectivity index (χ3n) is 9.56. The van der Waals surface area contributed by atoms with Gasteiger partial charge in [-0.2, -0.15) is 0 Å². The molecule has 0 unspecified atom stereocenters. The molecule has 2 fully saturated rings. The smallest absolute Gasteiger partial charge is 0.233 e. The summed E-state index contributed by atoms with van der Waals surface area (Å²) in [6.45, 7) is 21.9. The van der Waals surface area contributed by atoms with Crippen LogP contribution in [0.4, 0.5) is 0 Å². The van der Waals surface area contributed by atoms with Crippen LogP contribution in [0.3, 0.4) is 0 Å². The van der Waals surface area contributed by atoms with Crippen LogP contribution >= 0.6 is 0 Å². The number of rotatable bonds is 30. The van der Waals surface area contributed by atoms with Gasteiger partial charge in [-0.1, -0.05) is 41.5 Å². The average Bonchev–Trinajstić information content (AvgIpc) is 3.42. The summed E-state index contributed by atoms with van der Waals surface area (Å²) in [6, 6.07) is 0. The van der Waals surface area contributed by atoms with E-state index in [1.54, 1.807) is 0 Å². The molecule has 1 N–H and O–H groups in total. The number of piperidine rings is 1. The number of likely N-dealkylation sites (tertiary alicyclic amines) is 2. The maximum Gasteiger partial charge on any atom is 0.233 e. The standard InChI is InChI=1S/C39H71N3O12/c1-38(2,3)32-7-12-41(13-8-32)35(44)10-15-47-17-19-49-21-23-51-25-27-53-29-30-54-28-26-52-24-22-50-20-18-48-16-11-40-34(43)9-14-42-36(45)31-33(37(42)46)39(4,5)6/h32-33H,7-31H2,1-6H3,(H,40,43)/t33-/m0/s1. The Kier molecular flexibility index (Phi) is 24.3. The van der Waals surface area contributed by atoms with Crippen LogP contribution in [0, 0.1) is 22.7 Å². The summed E-state index contributed by atoms with van der Waals surface area (Å²) in [6.07, 6.45) is 2.86. The monoisotopic (exact) mass is 774 g/mol. The van der Waals surface area contributed by atoms with Gasteiger partial charge in [-0.15, -0.1) is 0 Å². The van der Waals surface area contributed by atoms with Gasteiger partial charge in [0.25, 0.3) is 0 Å². The van der Waals surface area contributed by atoms with E-state index in [-0.39, 0.29) is 54.3 Å². The van der Waals surface area contributed by atoms with E-state index in [4.69, 9.17) is 37.9 Å². The number of hydrogen-bond donors (Lipinski definition) is 1. The lowest BCUT2D eigenvalue weighted by Gasteiger charge is -2.38. The van der Waals surface area contributed by atoms with E-state index in [2.05, 4.69) is 26.1 Å². The van der Waals surface area contributed by atoms with Crippen LogP contribution in [0.2, 0.25) is 0 Å². The molecule has 2 aliphatic rings. The molecule has 54 heavy (non-hydrogen) atoms. The van der Waals surface area contributed by atoms with Crippen molar-refractivity contribution in [2.45, 2.75) is 73.6 Å². The second-order valence-electron chi connectivity index (χ2n) is 15.8. The molecule has 0 aromatic heterocycles. The molecular weight excluding hydrogens is 702 g/mol. The van der Waals surface area contributed by atoms with Gasteiger partial charge in [0.1, 0.15) is 0 Å². The van der Waals surface area contributed by atoms with E-state index in [0.29, 0.717) is 130 Å². The van der Waals surface area contributed by atoms with Gasteiger partial charge in [-0.05, 0) is 29.6 Å². The highest BCUT2D eigenvalue weighted by molar-refractivity contribution is 6.04. The molecule has 0 aromatic rings. The Balaban J connectivity index is 1.22. The number of ether oxygens (including phenoxy) is 8. The predicted molar refractivity (Wildman–Crippen MR) is 202 cm³/mol. The Labute approximate surface area is 323 Å². The number of hydrogen-bond acceptors (Lipinski definition) is 12. The molecule has 0 radical (unpaired) electrons. The first-order valence-corrected chi connectivity index (χ1v) is 19.8. The zero-order valence-electron chi connectivity index (χ0n) is 34.1. The number of imide groups is 1. The van der Waals surface area contributed by atoms with E-state index in [1.165, 1.54) is 4.90 Å². The van der Waals surface area contributed by atoms with Gasteiger partial charge in [0.2, 0.25) is 23.6 Å². The molecule has 2 aliphatic heterocycles. The maximum absolute atomic E-state index is 12.5. The maximum atomic E-state index is 12.5. The molecule has 2 heterocycles. The van der Waals surface area contributed by atoms with Crippen LogP contribution < -0.4 is 5.32 Å². The molecule has 15 nitrogen and oxygen atoms in total. The van der Waals surface area contributed by atoms with Gasteiger partial charge in [0, 0.05) is 39.0 Å². The first-order chi connectivity index (χ1) is 25.8. The van der Waals surface area contributed by atoms with Crippen molar-refractivity contribution in [1.29, 1.82) is 0 Å². The molecule has 15 heteroatoms. The summed E-state index contributed by atoms with van der Waals surface area (Å²) in [5, 5.41) is 2.74. The van der Waals surface area contributed by atoms with Gasteiger partial charge in [0.05, 0.1) is 118 Å². The minimum atomic E-state index is -0.335. The summed E-state index contributed by atoms with van der Waals surface area (Å²) < 4.78 is 44.0. The largest absolute Gasteiger partial charge is 0.379 e. The predicted octanol–water partition coefficient (Wildman–Crippen LogP) is 2.72. The molecule has 0 spiro atoms. The number of carbonyl (C=O) groups excluding carboxylic acids is 4. The van der Waals surface area contributed by atoms with Gasteiger partial charge in [-0.3, -0.25) is 24.1 Å². The molecule has 1 atom stereocenters. The highest BCUT2D eigenvalue weighted by Gasteiger charge is 2.44. The van der Waals surface area contributed by atoms with Crippen molar-refractivity contribution in [3.05, 3.63) is 0 Å². The fourth-order valence-corrected chi connectivity index (χ4v) is 6.11. The SMILES string of the molecule is CC(C)(C)C1CCN(C(=O)CCOCCOCCOCCOCCOCCOCCOCCOCCNC(=O)CCN2C(=O)C[C@H](C(C)(C)C)C2=O)CC1. The first kappa shape index (κ1) is 47.9. The zero-order chi connectivity index (χ0) is 39.7. The summed E-state index contributed by atoms with van der Waals surface area (Å²) in [4.78, 5) is 52.4. The zero-order valence-corrected chi connectivity index (χ0v) is 34.1. The highest BCUT2D eigenvalue weighted by atomic mass is 16.6. The quantitative estimate of drug-likeness (QED) is 0.0842. The third kappa shape index (κ3) is 21.2. The Morgan fingerprint density at radius 3 is 1.39 bits per heavy atom. The van der Waals surface area contributed by atoms with Gasteiger partial charge in [-0.25, -0.2) is 0 Å². The molecule has 0 bridgehead atoms. The molecule has 2 saturated heterocycles. The van der Waals surface area contributed by atoms with E-state index in [9.17, 15) is 19.2 Å². The Bertz CT molecular complexity index is 1060. The first-order valence-electron chi connectivity index (χ1n) is 19.8. The second kappa shape index (κ2) is 27.4. The second-order valence-corrected chi connectivity index (χ2v) is 15.8. The van der Waals surface area contributed by atoms with Crippen molar-refractivity contribution in [1.82, 2.24) is 15.1 Å². The van der Waals surface area contributed by atoms with E-state index in [0.717, 1.165) is 25.9 Å². The van der Waals surface area contributed by atoms with Crippen molar-refractivity contribution in [2.24, 2.45) is 22.7 Å². The summed E-state index contributed by atoms with van der Waals surface area (Å²) in [5.74, 6) is -0.107. The van der Waals surface area contributed by atoms with Crippen LogP contribution in [0.15, 0.2) is 0 Å².